The molecule has 0 spiro atoms. The minimum Gasteiger partial charge on any atom is -0.506 e. The van der Waals surface area contributed by atoms with E-state index in [2.05, 4.69) is 4.98 Å². The van der Waals surface area contributed by atoms with Crippen LogP contribution < -0.4 is 5.56 Å². The van der Waals surface area contributed by atoms with Crippen LogP contribution in [0.3, 0.4) is 0 Å². The second-order valence-electron chi connectivity index (χ2n) is 5.12. The number of Topliss-reactive ketones (excluding diaryl/α,β-unsaturated/α-hetero) is 2. The van der Waals surface area contributed by atoms with Crippen molar-refractivity contribution in [2.24, 2.45) is 0 Å². The molecule has 0 unspecified atom stereocenters. The molecule has 6 nitrogen and oxygen atoms in total. The van der Waals surface area contributed by atoms with E-state index in [1.54, 1.807) is 0 Å². The first kappa shape index (κ1) is 11.1. The lowest BCUT2D eigenvalue weighted by atomic mass is 10.1. The number of carbonyl (C=O) groups excluding carboxylic acids is 2. The number of benzene rings is 1. The van der Waals surface area contributed by atoms with Gasteiger partial charge in [-0.25, -0.2) is 4.98 Å². The summed E-state index contributed by atoms with van der Waals surface area (Å²) in [6.45, 7) is 1.43. The molecule has 1 N–H and O–H groups in total. The van der Waals surface area contributed by atoms with Crippen LogP contribution in [0, 0.1) is 6.92 Å². The Bertz CT molecular complexity index is 970. The molecule has 1 aliphatic carbocycles. The van der Waals surface area contributed by atoms with Gasteiger partial charge in [-0.1, -0.05) is 6.07 Å². The summed E-state index contributed by atoms with van der Waals surface area (Å²) < 4.78 is 24.9. The first-order chi connectivity index (χ1) is 11.6. The van der Waals surface area contributed by atoms with Gasteiger partial charge in [-0.05, 0) is 31.9 Å². The average molecular weight is 303 g/mol. The van der Waals surface area contributed by atoms with Gasteiger partial charge in [0, 0.05) is 9.11 Å². The normalized spacial score (nSPS) is 27.0. The number of fused-ring (bicyclic) bond motifs is 1. The number of aryl methyl sites for hydroxylation is 1. The summed E-state index contributed by atoms with van der Waals surface area (Å²) in [6.07, 6.45) is -3.62. The molecule has 22 heavy (non-hydrogen) atoms. The van der Waals surface area contributed by atoms with Gasteiger partial charge in [0.2, 0.25) is 0 Å². The van der Waals surface area contributed by atoms with Crippen LogP contribution in [0.2, 0.25) is 0 Å². The standard InChI is InChI=1S/C16H16N2O4/c1-9-17-15-11(5-3-7-13(15)20)16(22)18(9)12-6-2-4-10(19)8-14(12)21/h3,5,7,12,20H,2,4,6,8H2,1H3/t12-/m0/s1/i4D2,12D. The second-order valence-corrected chi connectivity index (χ2v) is 5.12. The third-order valence-electron chi connectivity index (χ3n) is 3.64. The fraction of sp³-hybridized carbons (Fsp3) is 0.375. The number of aromatic nitrogens is 2. The van der Waals surface area contributed by atoms with Gasteiger partial charge in [0.1, 0.15) is 22.9 Å². The van der Waals surface area contributed by atoms with Crippen molar-refractivity contribution in [2.75, 3.05) is 0 Å². The second kappa shape index (κ2) is 5.36. The molecule has 0 bridgehead atoms. The fourth-order valence-electron chi connectivity index (χ4n) is 2.63. The molecule has 114 valence electrons. The van der Waals surface area contributed by atoms with Crippen molar-refractivity contribution in [3.63, 3.8) is 0 Å². The first-order valence-electron chi connectivity index (χ1n) is 8.36. The van der Waals surface area contributed by atoms with Crippen molar-refractivity contribution in [3.8, 4) is 5.75 Å². The van der Waals surface area contributed by atoms with E-state index >= 15 is 0 Å². The van der Waals surface area contributed by atoms with Gasteiger partial charge in [0.25, 0.3) is 5.56 Å². The zero-order chi connectivity index (χ0) is 18.6. The molecule has 1 saturated carbocycles. The van der Waals surface area contributed by atoms with E-state index < -0.39 is 35.9 Å². The molecule has 0 saturated heterocycles. The maximum Gasteiger partial charge on any atom is 0.262 e. The van der Waals surface area contributed by atoms with E-state index in [1.807, 2.05) is 0 Å². The van der Waals surface area contributed by atoms with Crippen LogP contribution in [-0.2, 0) is 9.59 Å². The Morgan fingerprint density at radius 3 is 2.95 bits per heavy atom. The summed E-state index contributed by atoms with van der Waals surface area (Å²) in [5.41, 5.74) is -0.617. The molecule has 1 fully saturated rings. The number of hydrogen-bond donors (Lipinski definition) is 1. The van der Waals surface area contributed by atoms with Crippen molar-refractivity contribution < 1.29 is 18.8 Å². The number of ketones is 2. The predicted molar refractivity (Wildman–Crippen MR) is 79.9 cm³/mol. The van der Waals surface area contributed by atoms with Crippen LogP contribution in [0.4, 0.5) is 0 Å². The number of phenols is 1. The molecule has 0 radical (unpaired) electrons. The van der Waals surface area contributed by atoms with E-state index in [-0.39, 0.29) is 35.3 Å². The highest BCUT2D eigenvalue weighted by Gasteiger charge is 2.28. The number of hydrogen-bond acceptors (Lipinski definition) is 5. The number of nitrogens with zero attached hydrogens (tertiary/aromatic N) is 2. The number of carbonyl (C=O) groups is 2. The van der Waals surface area contributed by atoms with Crippen molar-refractivity contribution in [1.82, 2.24) is 9.55 Å². The Labute approximate surface area is 130 Å². The van der Waals surface area contributed by atoms with Crippen LogP contribution in [-0.4, -0.2) is 26.2 Å². The smallest absolute Gasteiger partial charge is 0.262 e. The molecule has 6 heteroatoms. The van der Waals surface area contributed by atoms with Crippen LogP contribution in [0.25, 0.3) is 10.9 Å². The summed E-state index contributed by atoms with van der Waals surface area (Å²) in [5, 5.41) is 9.91. The topological polar surface area (TPSA) is 89.3 Å². The van der Waals surface area contributed by atoms with Crippen molar-refractivity contribution >= 4 is 22.5 Å². The molecule has 2 aromatic rings. The summed E-state index contributed by atoms with van der Waals surface area (Å²) in [5.74, 6) is -1.88. The van der Waals surface area contributed by atoms with Gasteiger partial charge in [0.15, 0.2) is 5.78 Å². The Morgan fingerprint density at radius 1 is 1.41 bits per heavy atom. The van der Waals surface area contributed by atoms with Crippen LogP contribution in [0.5, 0.6) is 5.75 Å². The van der Waals surface area contributed by atoms with Gasteiger partial charge in [-0.3, -0.25) is 19.0 Å². The van der Waals surface area contributed by atoms with E-state index in [4.69, 9.17) is 4.11 Å². The molecule has 0 aliphatic heterocycles. The minimum absolute atomic E-state index is 0.0391. The van der Waals surface area contributed by atoms with Gasteiger partial charge >= 0.3 is 0 Å². The lowest BCUT2D eigenvalue weighted by Gasteiger charge is -2.19. The van der Waals surface area contributed by atoms with E-state index in [0.717, 1.165) is 4.57 Å². The summed E-state index contributed by atoms with van der Waals surface area (Å²) in [6, 6.07) is 2.13. The molecule has 1 aliphatic rings. The van der Waals surface area contributed by atoms with E-state index in [1.165, 1.54) is 25.1 Å². The summed E-state index contributed by atoms with van der Waals surface area (Å²) in [4.78, 5) is 41.4. The minimum atomic E-state index is -2.21. The van der Waals surface area contributed by atoms with Gasteiger partial charge in [-0.15, -0.1) is 0 Å². The zero-order valence-corrected chi connectivity index (χ0v) is 11.9. The van der Waals surface area contributed by atoms with Crippen molar-refractivity contribution in [2.45, 2.75) is 38.6 Å². The molecular formula is C16H16N2O4. The van der Waals surface area contributed by atoms with Gasteiger partial charge in [-0.2, -0.15) is 0 Å². The highest BCUT2D eigenvalue weighted by molar-refractivity contribution is 6.01. The predicted octanol–water partition coefficient (Wildman–Crippen LogP) is 1.66. The number of para-hydroxylation sites is 1. The number of aromatic hydroxyl groups is 1. The molecule has 1 aromatic carbocycles. The monoisotopic (exact) mass is 303 g/mol. The molecule has 1 heterocycles. The van der Waals surface area contributed by atoms with Crippen LogP contribution in [0.1, 0.15) is 41.6 Å². The third-order valence-corrected chi connectivity index (χ3v) is 3.64. The molecule has 3 rings (SSSR count). The Kier molecular flexibility index (Phi) is 2.71. The number of phenolic OH excluding ortho intramolecular Hbond substituents is 1. The maximum atomic E-state index is 12.9. The third kappa shape index (κ3) is 2.30. The largest absolute Gasteiger partial charge is 0.506 e. The highest BCUT2D eigenvalue weighted by Crippen LogP contribution is 2.25. The Balaban J connectivity index is 2.26. The first-order valence-corrected chi connectivity index (χ1v) is 6.86. The molecule has 0 amide bonds. The molecule has 1 atom stereocenters. The van der Waals surface area contributed by atoms with E-state index in [0.29, 0.717) is 0 Å². The number of rotatable bonds is 1. The van der Waals surface area contributed by atoms with E-state index in [9.17, 15) is 19.5 Å². The van der Waals surface area contributed by atoms with Crippen molar-refractivity contribution in [1.29, 1.82) is 0 Å². The molecule has 1 aromatic heterocycles. The lowest BCUT2D eigenvalue weighted by molar-refractivity contribution is -0.127. The van der Waals surface area contributed by atoms with Gasteiger partial charge < -0.3 is 5.11 Å². The maximum absolute atomic E-state index is 12.9. The highest BCUT2D eigenvalue weighted by atomic mass is 16.3. The average Bonchev–Trinajstić information content (AvgIpc) is 2.60. The van der Waals surface area contributed by atoms with Gasteiger partial charge in [0.05, 0.1) is 19.2 Å². The van der Waals surface area contributed by atoms with Crippen LogP contribution in [0.15, 0.2) is 23.0 Å². The quantitative estimate of drug-likeness (QED) is 0.639. The zero-order valence-electron chi connectivity index (χ0n) is 14.9. The Hall–Kier alpha value is -2.50. The summed E-state index contributed by atoms with van der Waals surface area (Å²) >= 11 is 0. The summed E-state index contributed by atoms with van der Waals surface area (Å²) in [7, 11) is 0. The SMILES string of the molecule is [2H]C1([2H])CC[C@]([2H])(n2c(C)nc3c(O)cccc3c2=O)C(=O)CC1=O. The Morgan fingerprint density at radius 2 is 2.18 bits per heavy atom. The van der Waals surface area contributed by atoms with Crippen LogP contribution >= 0.6 is 0 Å². The lowest BCUT2D eigenvalue weighted by Crippen LogP contribution is -2.32. The fourth-order valence-corrected chi connectivity index (χ4v) is 2.63. The van der Waals surface area contributed by atoms with Crippen molar-refractivity contribution in [3.05, 3.63) is 34.4 Å². The molecular weight excluding hydrogens is 284 g/mol.